The molecule has 3 aromatic heterocycles. The van der Waals surface area contributed by atoms with Crippen molar-refractivity contribution in [2.24, 2.45) is 0 Å². The number of aliphatic hydroxyl groups excluding tert-OH is 1. The maximum atomic E-state index is 13.8. The van der Waals surface area contributed by atoms with E-state index in [0.717, 1.165) is 17.0 Å². The van der Waals surface area contributed by atoms with Crippen molar-refractivity contribution in [3.05, 3.63) is 75.9 Å². The molecule has 0 saturated carbocycles. The summed E-state index contributed by atoms with van der Waals surface area (Å²) >= 11 is 0. The third kappa shape index (κ3) is 11.6. The first-order valence-electron chi connectivity index (χ1n) is 19.0. The average molecular weight is 973 g/mol. The third-order valence-electron chi connectivity index (χ3n) is 9.76. The molecule has 30 nitrogen and oxygen atoms in total. The molecular weight excluding hydrogens is 930 g/mol. The van der Waals surface area contributed by atoms with Gasteiger partial charge in [-0.25, -0.2) is 38.5 Å². The molecule has 0 bridgehead atoms. The number of carbonyl (C=O) groups is 2. The van der Waals surface area contributed by atoms with Gasteiger partial charge in [0, 0.05) is 12.6 Å². The van der Waals surface area contributed by atoms with Gasteiger partial charge in [-0.15, -0.1) is 6.58 Å². The number of rotatable bonds is 20. The summed E-state index contributed by atoms with van der Waals surface area (Å²) in [6.45, 7) is 1.03. The fourth-order valence-electron chi connectivity index (χ4n) is 6.72. The van der Waals surface area contributed by atoms with Crippen LogP contribution in [-0.2, 0) is 53.1 Å². The fraction of sp³-hybridized carbons (Fsp3) is 0.441. The Morgan fingerprint density at radius 2 is 1.79 bits per heavy atom. The lowest BCUT2D eigenvalue weighted by Gasteiger charge is -2.25. The van der Waals surface area contributed by atoms with Crippen LogP contribution in [0, 0.1) is 10.1 Å². The zero-order valence-corrected chi connectivity index (χ0v) is 36.2. The highest BCUT2D eigenvalue weighted by Gasteiger charge is 2.50. The van der Waals surface area contributed by atoms with Crippen molar-refractivity contribution in [2.75, 3.05) is 38.9 Å². The monoisotopic (exact) mass is 972 g/mol. The van der Waals surface area contributed by atoms with Crippen LogP contribution in [0.2, 0.25) is 0 Å². The summed E-state index contributed by atoms with van der Waals surface area (Å²) in [5.41, 5.74) is 10.2. The summed E-state index contributed by atoms with van der Waals surface area (Å²) in [6.07, 6.45) is -8.26. The summed E-state index contributed by atoms with van der Waals surface area (Å²) in [4.78, 5) is 95.5. The second-order valence-electron chi connectivity index (χ2n) is 14.0. The van der Waals surface area contributed by atoms with Crippen molar-refractivity contribution < 1.29 is 85.4 Å². The third-order valence-corrected chi connectivity index (χ3v) is 11.3. The molecule has 2 aliphatic rings. The number of carbonyl (C=O) groups excluding carboxylic acids is 2. The maximum Gasteiger partial charge on any atom is 0.472 e. The van der Waals surface area contributed by atoms with E-state index in [2.05, 4.69) is 36.4 Å². The molecule has 358 valence electrons. The van der Waals surface area contributed by atoms with E-state index in [1.165, 1.54) is 49.5 Å². The van der Waals surface area contributed by atoms with Gasteiger partial charge in [0.15, 0.2) is 35.3 Å². The van der Waals surface area contributed by atoms with Crippen LogP contribution in [0.1, 0.15) is 30.9 Å². The predicted molar refractivity (Wildman–Crippen MR) is 218 cm³/mol. The van der Waals surface area contributed by atoms with E-state index in [-0.39, 0.29) is 52.7 Å². The first-order chi connectivity index (χ1) is 31.2. The number of esters is 1. The number of phosphoric ester groups is 2. The Bertz CT molecular complexity index is 2610. The number of aromatic nitrogens is 6. The number of hydrogen-bond acceptors (Lipinski definition) is 23. The number of nitrogens with one attached hydrogen (secondary N) is 1. The molecule has 32 heteroatoms. The summed E-state index contributed by atoms with van der Waals surface area (Å²) in [5, 5.41) is 25.6. The van der Waals surface area contributed by atoms with Crippen LogP contribution in [0.4, 0.5) is 22.1 Å². The molecule has 2 fully saturated rings. The minimum absolute atomic E-state index is 0.0342. The number of nitro groups is 1. The van der Waals surface area contributed by atoms with Gasteiger partial charge >= 0.3 is 33.4 Å². The molecule has 9 atom stereocenters. The van der Waals surface area contributed by atoms with E-state index in [1.807, 2.05) is 0 Å². The normalized spacial score (nSPS) is 23.2. The van der Waals surface area contributed by atoms with Crippen LogP contribution < -0.4 is 31.9 Å². The summed E-state index contributed by atoms with van der Waals surface area (Å²) in [6, 6.07) is 1.96. The Labute approximate surface area is 370 Å². The summed E-state index contributed by atoms with van der Waals surface area (Å²) < 4.78 is 75.2. The number of imidazole rings is 1. The van der Waals surface area contributed by atoms with Crippen LogP contribution in [0.25, 0.3) is 11.2 Å². The van der Waals surface area contributed by atoms with Crippen molar-refractivity contribution in [3.8, 4) is 11.5 Å². The number of nitrogens with two attached hydrogens (primary N) is 2. The Hall–Kier alpha value is -6.17. The molecule has 5 heterocycles. The first kappa shape index (κ1) is 49.3. The highest BCUT2D eigenvalue weighted by Crippen LogP contribution is 2.50. The molecule has 66 heavy (non-hydrogen) atoms. The van der Waals surface area contributed by atoms with E-state index in [9.17, 15) is 53.4 Å². The molecule has 0 spiro atoms. The second kappa shape index (κ2) is 20.6. The lowest BCUT2D eigenvalue weighted by atomic mass is 10.1. The highest BCUT2D eigenvalue weighted by atomic mass is 31.2. The van der Waals surface area contributed by atoms with Gasteiger partial charge < -0.3 is 65.0 Å². The van der Waals surface area contributed by atoms with Gasteiger partial charge in [-0.05, 0) is 18.6 Å². The molecule has 2 aliphatic heterocycles. The van der Waals surface area contributed by atoms with Crippen LogP contribution in [0.5, 0.6) is 11.5 Å². The number of fused-ring (bicyclic) bond motifs is 1. The number of ether oxygens (including phenoxy) is 6. The molecule has 4 aromatic rings. The highest BCUT2D eigenvalue weighted by molar-refractivity contribution is 7.47. The average Bonchev–Trinajstić information content (AvgIpc) is 3.95. The molecule has 6 rings (SSSR count). The van der Waals surface area contributed by atoms with E-state index >= 15 is 0 Å². The minimum atomic E-state index is -5.30. The Balaban J connectivity index is 1.20. The number of nitrogen functional groups attached to an aromatic ring is 2. The number of anilines is 2. The number of nitro benzene ring substituents is 1. The van der Waals surface area contributed by atoms with Crippen molar-refractivity contribution in [2.45, 2.75) is 68.5 Å². The quantitative estimate of drug-likeness (QED) is 0.0203. The lowest BCUT2D eigenvalue weighted by Crippen LogP contribution is -2.46. The fourth-order valence-corrected chi connectivity index (χ4v) is 8.02. The topological polar surface area (TPSA) is 418 Å². The zero-order chi connectivity index (χ0) is 48.1. The predicted octanol–water partition coefficient (Wildman–Crippen LogP) is 0.113. The summed E-state index contributed by atoms with van der Waals surface area (Å²) in [5.74, 6) is -1.27. The standard InChI is InChI=1S/C34H42N10O20P2/c1-4-5-17(40-34(48)58-11-16-8-19(56-2)20(57-3)9-18(16)44(49)50)32(46)63-28-23(62-31(27(28)45)43-15-39-26-29(36)37-14-38-30(26)43)13-60-66(54,55)64-21-10-25(42-7-6-24(35)41-33(42)47)61-22(21)12-59-65(51,52)53/h4,6-9,14-15,17,21-23,25,27-28,31,45H,1,5,10-13H2,2-3H3,(H,40,48)(H,54,55)(H2,35,41,47)(H2,36,37,38)(H2,51,52,53)/t17?,21-,22+,23+,25+,27+,28+,31+/m0/s1. The van der Waals surface area contributed by atoms with E-state index in [0.29, 0.717) is 0 Å². The lowest BCUT2D eigenvalue weighted by molar-refractivity contribution is -0.385. The van der Waals surface area contributed by atoms with Gasteiger partial charge in [0.25, 0.3) is 5.69 Å². The molecule has 2 saturated heterocycles. The largest absolute Gasteiger partial charge is 0.493 e. The first-order valence-corrected chi connectivity index (χ1v) is 22.0. The molecule has 1 amide bonds. The van der Waals surface area contributed by atoms with E-state index < -0.39 is 113 Å². The Morgan fingerprint density at radius 3 is 2.45 bits per heavy atom. The van der Waals surface area contributed by atoms with Gasteiger partial charge in [0.2, 0.25) is 0 Å². The number of nitrogens with zero attached hydrogens (tertiary/aromatic N) is 7. The smallest absolute Gasteiger partial charge is 0.472 e. The maximum absolute atomic E-state index is 13.8. The summed E-state index contributed by atoms with van der Waals surface area (Å²) in [7, 11) is -7.85. The van der Waals surface area contributed by atoms with Crippen LogP contribution in [-0.4, -0.2) is 130 Å². The van der Waals surface area contributed by atoms with E-state index in [1.54, 1.807) is 0 Å². The number of hydrogen-bond donors (Lipinski definition) is 7. The van der Waals surface area contributed by atoms with Gasteiger partial charge in [-0.1, -0.05) is 6.08 Å². The van der Waals surface area contributed by atoms with Gasteiger partial charge in [-0.2, -0.15) is 4.98 Å². The number of aliphatic hydroxyl groups is 1. The van der Waals surface area contributed by atoms with E-state index in [4.69, 9.17) is 48.9 Å². The number of alkyl carbamates (subject to hydrolysis) is 1. The Kier molecular flexibility index (Phi) is 15.3. The number of benzene rings is 1. The van der Waals surface area contributed by atoms with Crippen molar-refractivity contribution in [3.63, 3.8) is 0 Å². The number of amides is 1. The Morgan fingerprint density at radius 1 is 1.08 bits per heavy atom. The van der Waals surface area contributed by atoms with Crippen molar-refractivity contribution >= 4 is 56.2 Å². The van der Waals surface area contributed by atoms with Crippen LogP contribution in [0.15, 0.2) is 54.5 Å². The molecule has 1 aromatic carbocycles. The molecule has 2 unspecified atom stereocenters. The van der Waals surface area contributed by atoms with Crippen LogP contribution >= 0.6 is 15.6 Å². The SMILES string of the molecule is C=CCC(NC(=O)OCc1cc(OC)c(OC)cc1[N+](=O)[O-])C(=O)O[C@H]1[C@@H](O)[C@H](n2cnc3c(N)ncnc32)O[C@@H]1COP(=O)(O)O[C@H]1C[C@H](n2ccc(N)nc2=O)O[C@@H]1COP(=O)(O)O. The molecule has 0 radical (unpaired) electrons. The molecule has 0 aliphatic carbocycles. The van der Waals surface area contributed by atoms with Crippen molar-refractivity contribution in [1.29, 1.82) is 0 Å². The van der Waals surface area contributed by atoms with Crippen LogP contribution in [0.3, 0.4) is 0 Å². The van der Waals surface area contributed by atoms with Crippen molar-refractivity contribution in [1.82, 2.24) is 34.4 Å². The van der Waals surface area contributed by atoms with Gasteiger partial charge in [-0.3, -0.25) is 32.8 Å². The number of methoxy groups -OCH3 is 2. The minimum Gasteiger partial charge on any atom is -0.493 e. The number of phosphoric acid groups is 2. The second-order valence-corrected chi connectivity index (χ2v) is 16.7. The molecular formula is C34H42N10O20P2. The van der Waals surface area contributed by atoms with Gasteiger partial charge in [0.05, 0.1) is 50.3 Å². The van der Waals surface area contributed by atoms with Gasteiger partial charge in [0.1, 0.15) is 61.0 Å². The zero-order valence-electron chi connectivity index (χ0n) is 34.4. The molecule has 9 N–H and O–H groups in total.